The van der Waals surface area contributed by atoms with Gasteiger partial charge in [0.2, 0.25) is 0 Å². The molecular weight excluding hydrogens is 242 g/mol. The van der Waals surface area contributed by atoms with Gasteiger partial charge in [0.25, 0.3) is 5.91 Å². The molecule has 0 aliphatic carbocycles. The van der Waals surface area contributed by atoms with E-state index in [0.717, 1.165) is 5.56 Å². The molecule has 1 aromatic heterocycles. The van der Waals surface area contributed by atoms with E-state index in [-0.39, 0.29) is 11.6 Å². The summed E-state index contributed by atoms with van der Waals surface area (Å²) in [6.45, 7) is 4.05. The molecule has 3 N–H and O–H groups in total. The molecule has 0 spiro atoms. The van der Waals surface area contributed by atoms with Crippen molar-refractivity contribution >= 4 is 5.91 Å². The number of hydrogen-bond acceptors (Lipinski definition) is 4. The molecular formula is C14H17N3O2. The molecule has 0 aliphatic rings. The number of nitrogens with two attached hydrogens (primary N) is 1. The second kappa shape index (κ2) is 5.24. The summed E-state index contributed by atoms with van der Waals surface area (Å²) in [6, 6.07) is 11.1. The van der Waals surface area contributed by atoms with Crippen LogP contribution in [0.2, 0.25) is 0 Å². The fourth-order valence-electron chi connectivity index (χ4n) is 1.52. The van der Waals surface area contributed by atoms with Crippen LogP contribution in [0.3, 0.4) is 0 Å². The summed E-state index contributed by atoms with van der Waals surface area (Å²) in [5.74, 6) is 0.280. The number of nitrogens with one attached hydrogen (secondary N) is 1. The van der Waals surface area contributed by atoms with Gasteiger partial charge in [0.05, 0.1) is 0 Å². The van der Waals surface area contributed by atoms with Crippen LogP contribution in [-0.2, 0) is 0 Å². The lowest BCUT2D eigenvalue weighted by Gasteiger charge is -2.18. The van der Waals surface area contributed by atoms with E-state index in [0.29, 0.717) is 12.3 Å². The second-order valence-electron chi connectivity index (χ2n) is 5.11. The molecule has 1 aromatic carbocycles. The highest BCUT2D eigenvalue weighted by molar-refractivity contribution is 5.93. The van der Waals surface area contributed by atoms with E-state index in [1.165, 1.54) is 0 Å². The Bertz CT molecular complexity index is 556. The van der Waals surface area contributed by atoms with Crippen molar-refractivity contribution in [2.75, 3.05) is 6.54 Å². The number of rotatable bonds is 4. The minimum atomic E-state index is -0.457. The average molecular weight is 259 g/mol. The number of benzene rings is 1. The molecule has 0 atom stereocenters. The van der Waals surface area contributed by atoms with Gasteiger partial charge in [0.1, 0.15) is 0 Å². The van der Waals surface area contributed by atoms with Crippen LogP contribution in [0.25, 0.3) is 11.3 Å². The molecule has 1 heterocycles. The summed E-state index contributed by atoms with van der Waals surface area (Å²) in [7, 11) is 0. The van der Waals surface area contributed by atoms with E-state index in [9.17, 15) is 4.79 Å². The fourth-order valence-corrected chi connectivity index (χ4v) is 1.52. The molecule has 0 saturated heterocycles. The Labute approximate surface area is 111 Å². The number of carbonyl (C=O) groups excluding carboxylic acids is 1. The fraction of sp³-hybridized carbons (Fsp3) is 0.286. The lowest BCUT2D eigenvalue weighted by atomic mass is 10.1. The quantitative estimate of drug-likeness (QED) is 0.877. The molecule has 0 saturated carbocycles. The molecule has 0 radical (unpaired) electrons. The monoisotopic (exact) mass is 259 g/mol. The highest BCUT2D eigenvalue weighted by Gasteiger charge is 2.16. The van der Waals surface area contributed by atoms with Crippen molar-refractivity contribution in [1.29, 1.82) is 0 Å². The summed E-state index contributed by atoms with van der Waals surface area (Å²) < 4.78 is 5.16. The minimum absolute atomic E-state index is 0.253. The largest absolute Gasteiger partial charge is 0.355 e. The highest BCUT2D eigenvalue weighted by atomic mass is 16.5. The Morgan fingerprint density at radius 3 is 2.68 bits per heavy atom. The van der Waals surface area contributed by atoms with E-state index >= 15 is 0 Å². The first-order valence-electron chi connectivity index (χ1n) is 6.05. The van der Waals surface area contributed by atoms with Crippen LogP contribution in [-0.4, -0.2) is 23.1 Å². The van der Waals surface area contributed by atoms with Gasteiger partial charge in [-0.05, 0) is 13.8 Å². The first kappa shape index (κ1) is 13.3. The van der Waals surface area contributed by atoms with E-state index in [1.54, 1.807) is 6.07 Å². The first-order chi connectivity index (χ1) is 8.96. The van der Waals surface area contributed by atoms with Crippen molar-refractivity contribution in [3.05, 3.63) is 42.1 Å². The molecule has 0 aliphatic heterocycles. The number of hydrogen-bond donors (Lipinski definition) is 2. The highest BCUT2D eigenvalue weighted by Crippen LogP contribution is 2.19. The SMILES string of the molecule is CC(C)(N)CNC(=O)c1cc(-c2ccccc2)on1. The Balaban J connectivity index is 2.07. The van der Waals surface area contributed by atoms with Crippen LogP contribution < -0.4 is 11.1 Å². The normalized spacial score (nSPS) is 11.3. The smallest absolute Gasteiger partial charge is 0.273 e. The van der Waals surface area contributed by atoms with E-state index in [1.807, 2.05) is 44.2 Å². The topological polar surface area (TPSA) is 81.1 Å². The molecule has 0 bridgehead atoms. The van der Waals surface area contributed by atoms with Crippen LogP contribution in [0.5, 0.6) is 0 Å². The Morgan fingerprint density at radius 1 is 1.37 bits per heavy atom. The van der Waals surface area contributed by atoms with Gasteiger partial charge in [0.15, 0.2) is 11.5 Å². The van der Waals surface area contributed by atoms with Crippen LogP contribution in [0.4, 0.5) is 0 Å². The predicted octanol–water partition coefficient (Wildman–Crippen LogP) is 1.81. The molecule has 100 valence electrons. The van der Waals surface area contributed by atoms with Crippen molar-refractivity contribution < 1.29 is 9.32 Å². The van der Waals surface area contributed by atoms with Crippen molar-refractivity contribution in [2.24, 2.45) is 5.73 Å². The zero-order valence-corrected chi connectivity index (χ0v) is 11.0. The van der Waals surface area contributed by atoms with Gasteiger partial charge in [-0.1, -0.05) is 35.5 Å². The van der Waals surface area contributed by atoms with Gasteiger partial charge in [-0.3, -0.25) is 4.79 Å². The minimum Gasteiger partial charge on any atom is -0.355 e. The zero-order chi connectivity index (χ0) is 13.9. The first-order valence-corrected chi connectivity index (χ1v) is 6.05. The van der Waals surface area contributed by atoms with Crippen molar-refractivity contribution in [2.45, 2.75) is 19.4 Å². The Hall–Kier alpha value is -2.14. The van der Waals surface area contributed by atoms with E-state index in [2.05, 4.69) is 10.5 Å². The Kier molecular flexibility index (Phi) is 3.66. The zero-order valence-electron chi connectivity index (χ0n) is 11.0. The maximum Gasteiger partial charge on any atom is 0.273 e. The van der Waals surface area contributed by atoms with E-state index < -0.39 is 5.54 Å². The molecule has 5 nitrogen and oxygen atoms in total. The number of carbonyl (C=O) groups is 1. The molecule has 1 amide bonds. The van der Waals surface area contributed by atoms with Crippen LogP contribution >= 0.6 is 0 Å². The number of aromatic nitrogens is 1. The number of amides is 1. The number of nitrogens with zero attached hydrogens (tertiary/aromatic N) is 1. The maximum atomic E-state index is 11.8. The van der Waals surface area contributed by atoms with Crippen molar-refractivity contribution in [3.63, 3.8) is 0 Å². The van der Waals surface area contributed by atoms with Gasteiger partial charge in [-0.2, -0.15) is 0 Å². The maximum absolute atomic E-state index is 11.8. The molecule has 5 heteroatoms. The molecule has 19 heavy (non-hydrogen) atoms. The summed E-state index contributed by atoms with van der Waals surface area (Å²) in [5.41, 5.74) is 6.48. The van der Waals surface area contributed by atoms with Gasteiger partial charge in [-0.25, -0.2) is 0 Å². The van der Waals surface area contributed by atoms with Gasteiger partial charge in [0, 0.05) is 23.7 Å². The van der Waals surface area contributed by atoms with Crippen molar-refractivity contribution in [3.8, 4) is 11.3 Å². The van der Waals surface area contributed by atoms with Gasteiger partial charge in [-0.15, -0.1) is 0 Å². The van der Waals surface area contributed by atoms with Crippen LogP contribution in [0.1, 0.15) is 24.3 Å². The average Bonchev–Trinajstić information content (AvgIpc) is 2.86. The lowest BCUT2D eigenvalue weighted by Crippen LogP contribution is -2.45. The summed E-state index contributed by atoms with van der Waals surface area (Å²) >= 11 is 0. The van der Waals surface area contributed by atoms with E-state index in [4.69, 9.17) is 10.3 Å². The third-order valence-corrected chi connectivity index (χ3v) is 2.51. The standard InChI is InChI=1S/C14H17N3O2/c1-14(2,15)9-16-13(18)11-8-12(19-17-11)10-6-4-3-5-7-10/h3-8H,9,15H2,1-2H3,(H,16,18). The predicted molar refractivity (Wildman–Crippen MR) is 72.5 cm³/mol. The summed E-state index contributed by atoms with van der Waals surface area (Å²) in [4.78, 5) is 11.8. The molecule has 0 unspecified atom stereocenters. The second-order valence-corrected chi connectivity index (χ2v) is 5.11. The summed E-state index contributed by atoms with van der Waals surface area (Å²) in [5, 5.41) is 6.48. The van der Waals surface area contributed by atoms with Crippen LogP contribution in [0.15, 0.2) is 40.9 Å². The molecule has 0 fully saturated rings. The molecule has 2 rings (SSSR count). The van der Waals surface area contributed by atoms with Gasteiger partial charge < -0.3 is 15.6 Å². The van der Waals surface area contributed by atoms with Crippen molar-refractivity contribution in [1.82, 2.24) is 10.5 Å². The van der Waals surface area contributed by atoms with Crippen LogP contribution in [0, 0.1) is 0 Å². The third kappa shape index (κ3) is 3.66. The summed E-state index contributed by atoms with van der Waals surface area (Å²) in [6.07, 6.45) is 0. The third-order valence-electron chi connectivity index (χ3n) is 2.51. The lowest BCUT2D eigenvalue weighted by molar-refractivity contribution is 0.0937. The Morgan fingerprint density at radius 2 is 2.05 bits per heavy atom. The van der Waals surface area contributed by atoms with Gasteiger partial charge >= 0.3 is 0 Å². The molecule has 2 aromatic rings.